The van der Waals surface area contributed by atoms with Gasteiger partial charge >= 0.3 is 6.18 Å². The van der Waals surface area contributed by atoms with E-state index in [4.69, 9.17) is 4.74 Å². The molecule has 0 heterocycles. The summed E-state index contributed by atoms with van der Waals surface area (Å²) in [7, 11) is 0. The molecule has 2 aromatic rings. The molecule has 0 unspecified atom stereocenters. The van der Waals surface area contributed by atoms with Crippen LogP contribution < -0.4 is 10.1 Å². The van der Waals surface area contributed by atoms with Crippen LogP contribution in [0, 0.1) is 11.3 Å². The molecule has 32 heavy (non-hydrogen) atoms. The van der Waals surface area contributed by atoms with Gasteiger partial charge in [-0.15, -0.1) is 0 Å². The highest BCUT2D eigenvalue weighted by molar-refractivity contribution is 6.01. The van der Waals surface area contributed by atoms with Crippen molar-refractivity contribution in [1.29, 1.82) is 5.26 Å². The monoisotopic (exact) mass is 442 g/mol. The summed E-state index contributed by atoms with van der Waals surface area (Å²) in [6, 6.07) is 13.7. The second-order valence-corrected chi connectivity index (χ2v) is 7.89. The fourth-order valence-electron chi connectivity index (χ4n) is 3.70. The molecular weight excluding hydrogens is 417 g/mol. The van der Waals surface area contributed by atoms with Crippen molar-refractivity contribution in [1.82, 2.24) is 5.32 Å². The van der Waals surface area contributed by atoms with Crippen molar-refractivity contribution < 1.29 is 22.7 Å². The summed E-state index contributed by atoms with van der Waals surface area (Å²) in [5.41, 5.74) is 0.262. The summed E-state index contributed by atoms with van der Waals surface area (Å²) in [6.07, 6.45) is 3.40. The molecular formula is C25H25F3N2O2. The number of amides is 1. The summed E-state index contributed by atoms with van der Waals surface area (Å²) in [5, 5.41) is 12.4. The largest absolute Gasteiger partial charge is 0.489 e. The average molecular weight is 442 g/mol. The van der Waals surface area contributed by atoms with Gasteiger partial charge in [-0.1, -0.05) is 49.9 Å². The Labute approximate surface area is 185 Å². The highest BCUT2D eigenvalue weighted by atomic mass is 19.4. The van der Waals surface area contributed by atoms with E-state index < -0.39 is 17.6 Å². The molecule has 0 atom stereocenters. The number of benzene rings is 2. The van der Waals surface area contributed by atoms with Crippen molar-refractivity contribution in [3.63, 3.8) is 0 Å². The van der Waals surface area contributed by atoms with Crippen LogP contribution in [0.15, 0.2) is 54.1 Å². The number of rotatable bonds is 6. The Balaban J connectivity index is 1.66. The molecule has 1 aliphatic rings. The minimum Gasteiger partial charge on any atom is -0.489 e. The van der Waals surface area contributed by atoms with Crippen molar-refractivity contribution in [3.8, 4) is 11.8 Å². The normalized spacial score (nSPS) is 15.5. The molecule has 1 saturated carbocycles. The maximum absolute atomic E-state index is 12.9. The van der Waals surface area contributed by atoms with Crippen LogP contribution in [0.1, 0.15) is 55.2 Å². The summed E-state index contributed by atoms with van der Waals surface area (Å²) in [5.74, 6) is 0.0346. The van der Waals surface area contributed by atoms with Crippen molar-refractivity contribution in [2.75, 3.05) is 0 Å². The molecule has 0 aromatic heterocycles. The molecule has 1 amide bonds. The van der Waals surface area contributed by atoms with Crippen LogP contribution in [0.25, 0.3) is 6.08 Å². The van der Waals surface area contributed by atoms with E-state index >= 15 is 0 Å². The molecule has 2 aromatic carbocycles. The van der Waals surface area contributed by atoms with Gasteiger partial charge in [-0.25, -0.2) is 0 Å². The number of halogens is 3. The van der Waals surface area contributed by atoms with Crippen molar-refractivity contribution in [3.05, 3.63) is 70.8 Å². The highest BCUT2D eigenvalue weighted by Gasteiger charge is 2.30. The summed E-state index contributed by atoms with van der Waals surface area (Å²) in [6.45, 7) is -0.0373. The molecule has 0 aliphatic heterocycles. The predicted molar refractivity (Wildman–Crippen MR) is 115 cm³/mol. The number of ether oxygens (including phenoxy) is 1. The van der Waals surface area contributed by atoms with E-state index in [1.54, 1.807) is 30.3 Å². The van der Waals surface area contributed by atoms with Gasteiger partial charge in [-0.2, -0.15) is 18.4 Å². The van der Waals surface area contributed by atoms with Crippen LogP contribution >= 0.6 is 0 Å². The van der Waals surface area contributed by atoms with E-state index in [1.165, 1.54) is 25.0 Å². The molecule has 7 heteroatoms. The third-order valence-corrected chi connectivity index (χ3v) is 5.38. The van der Waals surface area contributed by atoms with Crippen molar-refractivity contribution in [2.45, 2.75) is 57.3 Å². The number of hydrogen-bond acceptors (Lipinski definition) is 3. The molecule has 0 bridgehead atoms. The van der Waals surface area contributed by atoms with E-state index in [0.717, 1.165) is 37.8 Å². The standard InChI is InChI=1S/C25H25F3N2O2/c26-25(27,28)21-9-5-8-19(14-21)17-32-23-12-6-7-18(15-23)13-20(16-29)24(31)30-22-10-3-1-2-4-11-22/h5-9,12-15,22H,1-4,10-11,17H2,(H,30,31). The first kappa shape index (κ1) is 23.4. The Bertz CT molecular complexity index is 1000. The zero-order valence-electron chi connectivity index (χ0n) is 17.6. The Morgan fingerprint density at radius 3 is 2.50 bits per heavy atom. The first-order valence-corrected chi connectivity index (χ1v) is 10.7. The van der Waals surface area contributed by atoms with Crippen LogP contribution in [0.2, 0.25) is 0 Å². The maximum atomic E-state index is 12.9. The molecule has 0 radical (unpaired) electrons. The van der Waals surface area contributed by atoms with Crippen LogP contribution in [0.3, 0.4) is 0 Å². The van der Waals surface area contributed by atoms with Crippen LogP contribution in [0.5, 0.6) is 5.75 Å². The van der Waals surface area contributed by atoms with Crippen LogP contribution in [0.4, 0.5) is 13.2 Å². The minimum absolute atomic E-state index is 0.00396. The first-order chi connectivity index (χ1) is 15.3. The number of hydrogen-bond donors (Lipinski definition) is 1. The lowest BCUT2D eigenvalue weighted by molar-refractivity contribution is -0.137. The van der Waals surface area contributed by atoms with Gasteiger partial charge in [0.1, 0.15) is 24.0 Å². The summed E-state index contributed by atoms with van der Waals surface area (Å²) < 4.78 is 44.2. The van der Waals surface area contributed by atoms with Gasteiger partial charge in [-0.3, -0.25) is 4.79 Å². The van der Waals surface area contributed by atoms with E-state index in [1.807, 2.05) is 6.07 Å². The van der Waals surface area contributed by atoms with Gasteiger partial charge in [-0.05, 0) is 54.3 Å². The quantitative estimate of drug-likeness (QED) is 0.338. The lowest BCUT2D eigenvalue weighted by Crippen LogP contribution is -2.35. The topological polar surface area (TPSA) is 62.1 Å². The zero-order chi connectivity index (χ0) is 23.0. The smallest absolute Gasteiger partial charge is 0.416 e. The Morgan fingerprint density at radius 1 is 1.09 bits per heavy atom. The van der Waals surface area contributed by atoms with Crippen LogP contribution in [-0.2, 0) is 17.6 Å². The van der Waals surface area contributed by atoms with Gasteiger partial charge in [0.2, 0.25) is 0 Å². The van der Waals surface area contributed by atoms with Crippen molar-refractivity contribution >= 4 is 12.0 Å². The lowest BCUT2D eigenvalue weighted by atomic mass is 10.1. The average Bonchev–Trinajstić information content (AvgIpc) is 3.04. The van der Waals surface area contributed by atoms with E-state index in [9.17, 15) is 23.2 Å². The molecule has 1 fully saturated rings. The molecule has 1 N–H and O–H groups in total. The third-order valence-electron chi connectivity index (χ3n) is 5.38. The van der Waals surface area contributed by atoms with E-state index in [2.05, 4.69) is 5.32 Å². The minimum atomic E-state index is -4.41. The number of carbonyl (C=O) groups is 1. The molecule has 3 rings (SSSR count). The zero-order valence-corrected chi connectivity index (χ0v) is 17.6. The SMILES string of the molecule is N#CC(=Cc1cccc(OCc2cccc(C(F)(F)F)c2)c1)C(=O)NC1CCCCCC1. The van der Waals surface area contributed by atoms with Gasteiger partial charge < -0.3 is 10.1 Å². The van der Waals surface area contributed by atoms with Crippen molar-refractivity contribution in [2.24, 2.45) is 0 Å². The molecule has 0 saturated heterocycles. The van der Waals surface area contributed by atoms with Gasteiger partial charge in [0, 0.05) is 6.04 Å². The van der Waals surface area contributed by atoms with Gasteiger partial charge in [0.25, 0.3) is 5.91 Å². The number of nitrogens with one attached hydrogen (secondary N) is 1. The Hall–Kier alpha value is -3.27. The van der Waals surface area contributed by atoms with Gasteiger partial charge in [0.05, 0.1) is 5.56 Å². The lowest BCUT2D eigenvalue weighted by Gasteiger charge is -2.15. The molecule has 1 aliphatic carbocycles. The Kier molecular flexibility index (Phi) is 7.93. The summed E-state index contributed by atoms with van der Waals surface area (Å²) >= 11 is 0. The van der Waals surface area contributed by atoms with Crippen LogP contribution in [-0.4, -0.2) is 11.9 Å². The third kappa shape index (κ3) is 6.88. The summed E-state index contributed by atoms with van der Waals surface area (Å²) in [4.78, 5) is 12.5. The second-order valence-electron chi connectivity index (χ2n) is 7.89. The van der Waals surface area contributed by atoms with E-state index in [-0.39, 0.29) is 18.2 Å². The fourth-order valence-corrected chi connectivity index (χ4v) is 3.70. The molecule has 4 nitrogen and oxygen atoms in total. The number of nitriles is 1. The maximum Gasteiger partial charge on any atom is 0.416 e. The first-order valence-electron chi connectivity index (χ1n) is 10.7. The van der Waals surface area contributed by atoms with Gasteiger partial charge in [0.15, 0.2) is 0 Å². The fraction of sp³-hybridized carbons (Fsp3) is 0.360. The predicted octanol–water partition coefficient (Wildman–Crippen LogP) is 6.03. The molecule has 0 spiro atoms. The highest BCUT2D eigenvalue weighted by Crippen LogP contribution is 2.30. The number of alkyl halides is 3. The second kappa shape index (κ2) is 10.9. The number of nitrogens with zero attached hydrogens (tertiary/aromatic N) is 1. The Morgan fingerprint density at radius 2 is 1.81 bits per heavy atom. The number of carbonyl (C=O) groups excluding carboxylic acids is 1. The van der Waals surface area contributed by atoms with E-state index in [0.29, 0.717) is 16.9 Å². The molecule has 168 valence electrons.